The fraction of sp³-hybridized carbons (Fsp3) is 0.387. The van der Waals surface area contributed by atoms with Gasteiger partial charge >= 0.3 is 5.97 Å². The highest BCUT2D eigenvalue weighted by atomic mass is 35.5. The average molecular weight is 564 g/mol. The van der Waals surface area contributed by atoms with Gasteiger partial charge in [-0.25, -0.2) is 0 Å². The molecule has 0 spiro atoms. The fourth-order valence-electron chi connectivity index (χ4n) is 5.77. The van der Waals surface area contributed by atoms with E-state index in [0.29, 0.717) is 29.6 Å². The Hall–Kier alpha value is -3.46. The zero-order chi connectivity index (χ0) is 28.3. The molecular weight excluding hydrogens is 530 g/mol. The third-order valence-electron chi connectivity index (χ3n) is 8.13. The van der Waals surface area contributed by atoms with Gasteiger partial charge < -0.3 is 19.5 Å². The summed E-state index contributed by atoms with van der Waals surface area (Å²) in [5, 5.41) is 23.9. The Morgan fingerprint density at radius 1 is 1.25 bits per heavy atom. The predicted molar refractivity (Wildman–Crippen MR) is 152 cm³/mol. The van der Waals surface area contributed by atoms with E-state index in [1.807, 2.05) is 47.4 Å². The number of carboxylic acid groups (broad SMARTS) is 1. The van der Waals surface area contributed by atoms with Crippen molar-refractivity contribution in [1.29, 1.82) is 0 Å². The lowest BCUT2D eigenvalue weighted by Crippen LogP contribution is -2.44. The summed E-state index contributed by atoms with van der Waals surface area (Å²) in [6.45, 7) is 5.29. The number of carboxylic acids is 1. The van der Waals surface area contributed by atoms with Gasteiger partial charge in [-0.2, -0.15) is 4.98 Å². The molecule has 2 N–H and O–H groups in total. The summed E-state index contributed by atoms with van der Waals surface area (Å²) in [6.07, 6.45) is 8.69. The van der Waals surface area contributed by atoms with E-state index >= 15 is 0 Å². The lowest BCUT2D eigenvalue weighted by Gasteiger charge is -2.37. The molecule has 0 bridgehead atoms. The summed E-state index contributed by atoms with van der Waals surface area (Å²) >= 11 is 6.69. The van der Waals surface area contributed by atoms with Crippen LogP contribution in [0.25, 0.3) is 5.57 Å². The second-order valence-electron chi connectivity index (χ2n) is 10.6. The number of aliphatic hydroxyl groups is 1. The Balaban J connectivity index is 1.40. The molecule has 2 aromatic carbocycles. The Morgan fingerprint density at radius 3 is 2.80 bits per heavy atom. The molecule has 1 aliphatic heterocycles. The van der Waals surface area contributed by atoms with Gasteiger partial charge in [-0.1, -0.05) is 78.7 Å². The third kappa shape index (κ3) is 5.57. The number of aromatic nitrogens is 2. The second kappa shape index (κ2) is 12.0. The summed E-state index contributed by atoms with van der Waals surface area (Å²) in [5.41, 5.74) is 3.56. The van der Waals surface area contributed by atoms with Crippen molar-refractivity contribution in [3.8, 4) is 5.75 Å². The number of likely N-dealkylation sites (tertiary alicyclic amines) is 1. The molecule has 1 aliphatic carbocycles. The van der Waals surface area contributed by atoms with Gasteiger partial charge in [0.2, 0.25) is 0 Å². The standard InChI is InChI=1S/C31H34ClN3O5/c1-20-8-3-4-9-23(20)24-10-7-14-31(21(24)2,30-33-28(18-36)40-34-30)19-39-27-13-12-22(16-25(27)32)17-35-15-6-5-11-26(35)29(37)38/h3-4,7-10,12-14,16,21,26,36H,5-6,11,15,17-19H2,1-2H3,(H,37,38)/t21?,26-,31?/m0/s1. The lowest BCUT2D eigenvalue weighted by atomic mass is 9.68. The van der Waals surface area contributed by atoms with Crippen LogP contribution in [0.4, 0.5) is 0 Å². The largest absolute Gasteiger partial charge is 0.491 e. The summed E-state index contributed by atoms with van der Waals surface area (Å²) < 4.78 is 11.7. The molecule has 2 unspecified atom stereocenters. The fourth-order valence-corrected chi connectivity index (χ4v) is 6.03. The first-order valence-electron chi connectivity index (χ1n) is 13.6. The van der Waals surface area contributed by atoms with Gasteiger partial charge in [0.15, 0.2) is 5.82 Å². The summed E-state index contributed by atoms with van der Waals surface area (Å²) in [5.74, 6) is 0.207. The van der Waals surface area contributed by atoms with Gasteiger partial charge in [0.25, 0.3) is 5.89 Å². The van der Waals surface area contributed by atoms with Crippen LogP contribution >= 0.6 is 11.6 Å². The molecule has 9 heteroatoms. The molecule has 2 aliphatic rings. The minimum atomic E-state index is -0.784. The van der Waals surface area contributed by atoms with Crippen molar-refractivity contribution < 1.29 is 24.3 Å². The minimum Gasteiger partial charge on any atom is -0.491 e. The number of hydrogen-bond donors (Lipinski definition) is 2. The van der Waals surface area contributed by atoms with Crippen molar-refractivity contribution in [2.24, 2.45) is 5.92 Å². The van der Waals surface area contributed by atoms with E-state index in [9.17, 15) is 15.0 Å². The molecule has 0 amide bonds. The third-order valence-corrected chi connectivity index (χ3v) is 8.43. The molecule has 1 fully saturated rings. The van der Waals surface area contributed by atoms with E-state index < -0.39 is 17.4 Å². The van der Waals surface area contributed by atoms with Crippen molar-refractivity contribution in [2.45, 2.75) is 57.7 Å². The van der Waals surface area contributed by atoms with Crippen LogP contribution in [-0.2, 0) is 23.4 Å². The number of aryl methyl sites for hydroxylation is 1. The molecule has 3 aromatic rings. The molecular formula is C31H34ClN3O5. The van der Waals surface area contributed by atoms with Crippen molar-refractivity contribution in [1.82, 2.24) is 15.0 Å². The Morgan fingerprint density at radius 2 is 2.08 bits per heavy atom. The van der Waals surface area contributed by atoms with Gasteiger partial charge in [-0.05, 0) is 60.7 Å². The first-order chi connectivity index (χ1) is 19.3. The van der Waals surface area contributed by atoms with Crippen LogP contribution in [0.2, 0.25) is 5.02 Å². The van der Waals surface area contributed by atoms with Crippen LogP contribution in [0, 0.1) is 12.8 Å². The first kappa shape index (κ1) is 28.1. The van der Waals surface area contributed by atoms with E-state index in [1.54, 1.807) is 0 Å². The molecule has 8 nitrogen and oxygen atoms in total. The van der Waals surface area contributed by atoms with Crippen molar-refractivity contribution in [3.63, 3.8) is 0 Å². The summed E-state index contributed by atoms with van der Waals surface area (Å²) in [6, 6.07) is 13.4. The topological polar surface area (TPSA) is 109 Å². The van der Waals surface area contributed by atoms with E-state index in [-0.39, 0.29) is 25.0 Å². The van der Waals surface area contributed by atoms with Gasteiger partial charge in [0, 0.05) is 12.5 Å². The van der Waals surface area contributed by atoms with Crippen molar-refractivity contribution in [3.05, 3.63) is 94.1 Å². The van der Waals surface area contributed by atoms with E-state index in [1.165, 1.54) is 0 Å². The molecule has 5 rings (SSSR count). The van der Waals surface area contributed by atoms with Crippen LogP contribution in [0.15, 0.2) is 65.2 Å². The summed E-state index contributed by atoms with van der Waals surface area (Å²) in [4.78, 5) is 18.2. The number of allylic oxidation sites excluding steroid dienone is 3. The van der Waals surface area contributed by atoms with Gasteiger partial charge in [-0.15, -0.1) is 0 Å². The first-order valence-corrected chi connectivity index (χ1v) is 14.0. The number of piperidine rings is 1. The monoisotopic (exact) mass is 563 g/mol. The number of halogens is 1. The Kier molecular flexibility index (Phi) is 8.40. The maximum absolute atomic E-state index is 11.7. The number of nitrogens with zero attached hydrogens (tertiary/aromatic N) is 3. The maximum atomic E-state index is 11.7. The number of benzene rings is 2. The van der Waals surface area contributed by atoms with Crippen molar-refractivity contribution >= 4 is 23.1 Å². The average Bonchev–Trinajstić information content (AvgIpc) is 3.44. The summed E-state index contributed by atoms with van der Waals surface area (Å²) in [7, 11) is 0. The smallest absolute Gasteiger partial charge is 0.320 e. The molecule has 0 radical (unpaired) electrons. The highest BCUT2D eigenvalue weighted by Gasteiger charge is 2.44. The number of carbonyl (C=O) groups is 1. The number of rotatable bonds is 9. The molecule has 210 valence electrons. The number of hydrogen-bond acceptors (Lipinski definition) is 7. The van der Waals surface area contributed by atoms with Gasteiger partial charge in [-0.3, -0.25) is 9.69 Å². The lowest BCUT2D eigenvalue weighted by molar-refractivity contribution is -0.144. The molecule has 1 aromatic heterocycles. The quantitative estimate of drug-likeness (QED) is 0.348. The molecule has 0 saturated carbocycles. The van der Waals surface area contributed by atoms with Gasteiger partial charge in [0.05, 0.1) is 10.4 Å². The Bertz CT molecular complexity index is 1430. The molecule has 3 atom stereocenters. The minimum absolute atomic E-state index is 0.0900. The normalized spacial score (nSPS) is 23.1. The Labute approximate surface area is 238 Å². The van der Waals surface area contributed by atoms with Gasteiger partial charge in [0.1, 0.15) is 25.0 Å². The van der Waals surface area contributed by atoms with E-state index in [4.69, 9.17) is 20.9 Å². The van der Waals surface area contributed by atoms with E-state index in [2.05, 4.69) is 42.2 Å². The van der Waals surface area contributed by atoms with Crippen LogP contribution in [0.5, 0.6) is 5.75 Å². The second-order valence-corrected chi connectivity index (χ2v) is 11.0. The van der Waals surface area contributed by atoms with Crippen LogP contribution in [-0.4, -0.2) is 50.4 Å². The van der Waals surface area contributed by atoms with Crippen LogP contribution in [0.1, 0.15) is 54.6 Å². The van der Waals surface area contributed by atoms with Crippen LogP contribution in [0.3, 0.4) is 0 Å². The highest BCUT2D eigenvalue weighted by molar-refractivity contribution is 6.32. The number of aliphatic carboxylic acids is 1. The molecule has 2 heterocycles. The predicted octanol–water partition coefficient (Wildman–Crippen LogP) is 5.57. The number of aliphatic hydroxyl groups excluding tert-OH is 1. The van der Waals surface area contributed by atoms with Crippen LogP contribution < -0.4 is 4.74 Å². The van der Waals surface area contributed by atoms with Crippen molar-refractivity contribution in [2.75, 3.05) is 13.2 Å². The zero-order valence-corrected chi connectivity index (χ0v) is 23.5. The van der Waals surface area contributed by atoms with E-state index in [0.717, 1.165) is 41.6 Å². The SMILES string of the molecule is Cc1ccccc1C1=CC=CC(COc2ccc(CN3CCCC[C@H]3C(=O)O)cc2Cl)(c2noc(CO)n2)C1C. The zero-order valence-electron chi connectivity index (χ0n) is 22.7. The molecule has 40 heavy (non-hydrogen) atoms. The highest BCUT2D eigenvalue weighted by Crippen LogP contribution is 2.44. The number of ether oxygens (including phenoxy) is 1. The maximum Gasteiger partial charge on any atom is 0.320 e. The molecule has 1 saturated heterocycles.